The van der Waals surface area contributed by atoms with Crippen molar-refractivity contribution in [1.29, 1.82) is 0 Å². The van der Waals surface area contributed by atoms with E-state index in [-0.39, 0.29) is 5.69 Å². The van der Waals surface area contributed by atoms with Crippen LogP contribution in [-0.2, 0) is 0 Å². The van der Waals surface area contributed by atoms with E-state index in [4.69, 9.17) is 4.74 Å². The Balaban J connectivity index is 1.72. The number of aromatic nitrogens is 2. The van der Waals surface area contributed by atoms with Crippen molar-refractivity contribution in [3.8, 4) is 17.0 Å². The molecule has 6 nitrogen and oxygen atoms in total. The van der Waals surface area contributed by atoms with Crippen molar-refractivity contribution in [1.82, 2.24) is 15.4 Å². The van der Waals surface area contributed by atoms with Gasteiger partial charge in [-0.05, 0) is 48.0 Å². The van der Waals surface area contributed by atoms with Crippen molar-refractivity contribution in [2.45, 2.75) is 0 Å². The molecule has 0 saturated heterocycles. The van der Waals surface area contributed by atoms with Gasteiger partial charge in [-0.3, -0.25) is 9.78 Å². The van der Waals surface area contributed by atoms with Crippen LogP contribution in [0.4, 0.5) is 0 Å². The summed E-state index contributed by atoms with van der Waals surface area (Å²) in [6.45, 7) is 0. The Labute approximate surface area is 173 Å². The van der Waals surface area contributed by atoms with Gasteiger partial charge in [0.1, 0.15) is 11.4 Å². The van der Waals surface area contributed by atoms with E-state index in [1.54, 1.807) is 19.5 Å². The second kappa shape index (κ2) is 8.88. The van der Waals surface area contributed by atoms with E-state index < -0.39 is 5.91 Å². The summed E-state index contributed by atoms with van der Waals surface area (Å²) in [6.07, 6.45) is 4.54. The van der Waals surface area contributed by atoms with Gasteiger partial charge in [0, 0.05) is 14.5 Å². The third-order valence-electron chi connectivity index (χ3n) is 3.52. The normalized spacial score (nSPS) is 10.8. The molecule has 1 N–H and O–H groups in total. The molecule has 1 aromatic heterocycles. The molecule has 136 valence electrons. The smallest absolute Gasteiger partial charge is 0.291 e. The Bertz CT molecular complexity index is 971. The molecular formula is C19H14Br2N4O2. The van der Waals surface area contributed by atoms with Crippen molar-refractivity contribution in [3.05, 3.63) is 75.1 Å². The maximum Gasteiger partial charge on any atom is 0.291 e. The molecule has 0 unspecified atom stereocenters. The predicted octanol–water partition coefficient (Wildman–Crippen LogP) is 4.44. The summed E-state index contributed by atoms with van der Waals surface area (Å²) in [5.41, 5.74) is 4.89. The number of methoxy groups -OCH3 is 1. The SMILES string of the molecule is COc1ccc(-c2cncc(C(=O)NN=Cc3cc(Br)cc(Br)c3)n2)cc1. The molecule has 0 fully saturated rings. The molecule has 1 heterocycles. The lowest BCUT2D eigenvalue weighted by molar-refractivity contribution is 0.0950. The third kappa shape index (κ3) is 5.21. The zero-order chi connectivity index (χ0) is 19.2. The van der Waals surface area contributed by atoms with Gasteiger partial charge in [-0.1, -0.05) is 31.9 Å². The average molecular weight is 490 g/mol. The summed E-state index contributed by atoms with van der Waals surface area (Å²) in [7, 11) is 1.60. The summed E-state index contributed by atoms with van der Waals surface area (Å²) in [5.74, 6) is 0.303. The standard InChI is InChI=1S/C19H14Br2N4O2/c1-27-16-4-2-13(3-5-16)17-10-22-11-18(24-17)19(26)25-23-9-12-6-14(20)8-15(21)7-12/h2-11H,1H3,(H,25,26). The minimum atomic E-state index is -0.442. The minimum absolute atomic E-state index is 0.177. The molecule has 3 rings (SSSR count). The Hall–Kier alpha value is -2.58. The number of carbonyl (C=O) groups is 1. The van der Waals surface area contributed by atoms with Crippen LogP contribution in [0.1, 0.15) is 16.1 Å². The van der Waals surface area contributed by atoms with Gasteiger partial charge in [-0.25, -0.2) is 10.4 Å². The number of ether oxygens (including phenoxy) is 1. The summed E-state index contributed by atoms with van der Waals surface area (Å²) in [6, 6.07) is 13.0. The fourth-order valence-corrected chi connectivity index (χ4v) is 3.58. The number of nitrogens with one attached hydrogen (secondary N) is 1. The van der Waals surface area contributed by atoms with E-state index in [9.17, 15) is 4.79 Å². The summed E-state index contributed by atoms with van der Waals surface area (Å²) < 4.78 is 6.95. The van der Waals surface area contributed by atoms with Crippen molar-refractivity contribution in [2.24, 2.45) is 5.10 Å². The highest BCUT2D eigenvalue weighted by molar-refractivity contribution is 9.11. The van der Waals surface area contributed by atoms with Crippen LogP contribution in [0.2, 0.25) is 0 Å². The molecule has 1 amide bonds. The van der Waals surface area contributed by atoms with E-state index in [0.717, 1.165) is 25.8 Å². The number of amides is 1. The first-order chi connectivity index (χ1) is 13.0. The lowest BCUT2D eigenvalue weighted by Gasteiger charge is -2.05. The fraction of sp³-hybridized carbons (Fsp3) is 0.0526. The number of carbonyl (C=O) groups excluding carboxylic acids is 1. The third-order valence-corrected chi connectivity index (χ3v) is 4.43. The van der Waals surface area contributed by atoms with E-state index in [0.29, 0.717) is 5.69 Å². The van der Waals surface area contributed by atoms with Crippen LogP contribution >= 0.6 is 31.9 Å². The van der Waals surface area contributed by atoms with Crippen molar-refractivity contribution >= 4 is 44.0 Å². The number of rotatable bonds is 5. The Kier molecular flexibility index (Phi) is 6.31. The summed E-state index contributed by atoms with van der Waals surface area (Å²) in [5, 5.41) is 3.97. The second-order valence-electron chi connectivity index (χ2n) is 5.42. The van der Waals surface area contributed by atoms with Crippen LogP contribution in [0.3, 0.4) is 0 Å². The molecule has 8 heteroatoms. The van der Waals surface area contributed by atoms with E-state index in [2.05, 4.69) is 52.4 Å². The summed E-state index contributed by atoms with van der Waals surface area (Å²) in [4.78, 5) is 20.7. The molecule has 27 heavy (non-hydrogen) atoms. The fourth-order valence-electron chi connectivity index (χ4n) is 2.25. The number of benzene rings is 2. The zero-order valence-corrected chi connectivity index (χ0v) is 17.4. The van der Waals surface area contributed by atoms with Crippen LogP contribution < -0.4 is 10.2 Å². The molecule has 3 aromatic rings. The topological polar surface area (TPSA) is 76.5 Å². The first kappa shape index (κ1) is 19.2. The Morgan fingerprint density at radius 1 is 1.11 bits per heavy atom. The maximum atomic E-state index is 12.3. The molecule has 0 radical (unpaired) electrons. The largest absolute Gasteiger partial charge is 0.497 e. The number of hydrogen-bond acceptors (Lipinski definition) is 5. The molecule has 0 atom stereocenters. The lowest BCUT2D eigenvalue weighted by Crippen LogP contribution is -2.19. The van der Waals surface area contributed by atoms with Crippen molar-refractivity contribution in [2.75, 3.05) is 7.11 Å². The molecule has 0 aliphatic heterocycles. The van der Waals surface area contributed by atoms with Gasteiger partial charge in [-0.15, -0.1) is 0 Å². The van der Waals surface area contributed by atoms with E-state index in [1.807, 2.05) is 42.5 Å². The minimum Gasteiger partial charge on any atom is -0.497 e. The van der Waals surface area contributed by atoms with E-state index >= 15 is 0 Å². The van der Waals surface area contributed by atoms with Gasteiger partial charge in [-0.2, -0.15) is 5.10 Å². The first-order valence-corrected chi connectivity index (χ1v) is 9.40. The highest BCUT2D eigenvalue weighted by atomic mass is 79.9. The summed E-state index contributed by atoms with van der Waals surface area (Å²) >= 11 is 6.81. The maximum absolute atomic E-state index is 12.3. The molecule has 0 aliphatic carbocycles. The number of hydrazone groups is 1. The molecule has 0 saturated carbocycles. The number of halogens is 2. The second-order valence-corrected chi connectivity index (χ2v) is 7.25. The van der Waals surface area contributed by atoms with Crippen molar-refractivity contribution in [3.63, 3.8) is 0 Å². The first-order valence-electron chi connectivity index (χ1n) is 7.81. The lowest BCUT2D eigenvalue weighted by atomic mass is 10.1. The van der Waals surface area contributed by atoms with Gasteiger partial charge in [0.15, 0.2) is 0 Å². The number of hydrogen-bond donors (Lipinski definition) is 1. The van der Waals surface area contributed by atoms with Gasteiger partial charge in [0.05, 0.1) is 31.4 Å². The molecular weight excluding hydrogens is 476 g/mol. The molecule has 2 aromatic carbocycles. The quantitative estimate of drug-likeness (QED) is 0.424. The monoisotopic (exact) mass is 488 g/mol. The predicted molar refractivity (Wildman–Crippen MR) is 111 cm³/mol. The molecule has 0 bridgehead atoms. The highest BCUT2D eigenvalue weighted by Gasteiger charge is 2.09. The molecule has 0 spiro atoms. The van der Waals surface area contributed by atoms with Crippen LogP contribution in [0, 0.1) is 0 Å². The van der Waals surface area contributed by atoms with Gasteiger partial charge in [0.2, 0.25) is 0 Å². The van der Waals surface area contributed by atoms with Crippen LogP contribution in [-0.4, -0.2) is 29.2 Å². The average Bonchev–Trinajstić information content (AvgIpc) is 2.67. The van der Waals surface area contributed by atoms with Crippen LogP contribution in [0.5, 0.6) is 5.75 Å². The van der Waals surface area contributed by atoms with Gasteiger partial charge >= 0.3 is 0 Å². The molecule has 0 aliphatic rings. The van der Waals surface area contributed by atoms with E-state index in [1.165, 1.54) is 6.20 Å². The zero-order valence-electron chi connectivity index (χ0n) is 14.2. The Morgan fingerprint density at radius 2 is 1.81 bits per heavy atom. The van der Waals surface area contributed by atoms with Gasteiger partial charge < -0.3 is 4.74 Å². The Morgan fingerprint density at radius 3 is 2.48 bits per heavy atom. The number of nitrogens with zero attached hydrogens (tertiary/aromatic N) is 3. The highest BCUT2D eigenvalue weighted by Crippen LogP contribution is 2.20. The van der Waals surface area contributed by atoms with Gasteiger partial charge in [0.25, 0.3) is 5.91 Å². The van der Waals surface area contributed by atoms with Crippen molar-refractivity contribution < 1.29 is 9.53 Å². The van der Waals surface area contributed by atoms with Crippen LogP contribution in [0.15, 0.2) is 68.9 Å². The van der Waals surface area contributed by atoms with Crippen LogP contribution in [0.25, 0.3) is 11.3 Å².